The zero-order valence-electron chi connectivity index (χ0n) is 11.4. The van der Waals surface area contributed by atoms with E-state index in [0.717, 1.165) is 17.7 Å². The van der Waals surface area contributed by atoms with Gasteiger partial charge in [0, 0.05) is 16.7 Å². The van der Waals surface area contributed by atoms with E-state index in [1.807, 2.05) is 37.3 Å². The molecule has 0 unspecified atom stereocenters. The Bertz CT molecular complexity index is 516. The minimum absolute atomic E-state index is 0.0435. The maximum atomic E-state index is 12.2. The molecule has 5 heteroatoms. The average molecular weight is 290 g/mol. The summed E-state index contributed by atoms with van der Waals surface area (Å²) in [5.74, 6) is 0.326. The van der Waals surface area contributed by atoms with Crippen LogP contribution in [0.5, 0.6) is 0 Å². The standard InChI is InChI=1S/C15H18N2O2S/c1-10(20-12-5-3-2-4-6-12)9-17-14(18)13(11-7-8-11)16-15(17)19/h2-6,10-11,13H,7-9H2,1H3,(H,16,19)/t10-,13+/m1/s1. The van der Waals surface area contributed by atoms with E-state index in [4.69, 9.17) is 0 Å². The Morgan fingerprint density at radius 2 is 2.00 bits per heavy atom. The van der Waals surface area contributed by atoms with Gasteiger partial charge >= 0.3 is 6.03 Å². The molecule has 3 amide bonds. The Morgan fingerprint density at radius 1 is 1.30 bits per heavy atom. The molecule has 0 spiro atoms. The second-order valence-corrected chi connectivity index (χ2v) is 6.97. The fraction of sp³-hybridized carbons (Fsp3) is 0.467. The van der Waals surface area contributed by atoms with Gasteiger partial charge in [0.2, 0.25) is 0 Å². The summed E-state index contributed by atoms with van der Waals surface area (Å²) < 4.78 is 0. The van der Waals surface area contributed by atoms with Crippen LogP contribution in [-0.4, -0.2) is 34.7 Å². The lowest BCUT2D eigenvalue weighted by Gasteiger charge is -2.18. The lowest BCUT2D eigenvalue weighted by atomic mass is 10.2. The third kappa shape index (κ3) is 2.82. The lowest BCUT2D eigenvalue weighted by molar-refractivity contribution is -0.127. The predicted molar refractivity (Wildman–Crippen MR) is 78.5 cm³/mol. The molecule has 106 valence electrons. The van der Waals surface area contributed by atoms with Crippen LogP contribution in [0.25, 0.3) is 0 Å². The topological polar surface area (TPSA) is 49.4 Å². The Balaban J connectivity index is 1.59. The number of thioether (sulfide) groups is 1. The number of nitrogens with one attached hydrogen (secondary N) is 1. The third-order valence-corrected chi connectivity index (χ3v) is 4.77. The van der Waals surface area contributed by atoms with Crippen molar-refractivity contribution in [2.45, 2.75) is 36.0 Å². The van der Waals surface area contributed by atoms with Crippen molar-refractivity contribution < 1.29 is 9.59 Å². The molecule has 1 aromatic carbocycles. The Labute approximate surface area is 122 Å². The molecule has 1 saturated heterocycles. The van der Waals surface area contributed by atoms with Crippen LogP contribution in [0.1, 0.15) is 19.8 Å². The molecule has 20 heavy (non-hydrogen) atoms. The van der Waals surface area contributed by atoms with E-state index >= 15 is 0 Å². The molecule has 0 radical (unpaired) electrons. The van der Waals surface area contributed by atoms with Crippen molar-refractivity contribution in [3.05, 3.63) is 30.3 Å². The van der Waals surface area contributed by atoms with Gasteiger partial charge < -0.3 is 5.32 Å². The van der Waals surface area contributed by atoms with Gasteiger partial charge in [0.1, 0.15) is 6.04 Å². The summed E-state index contributed by atoms with van der Waals surface area (Å²) in [4.78, 5) is 26.7. The number of hydrogen-bond donors (Lipinski definition) is 1. The van der Waals surface area contributed by atoms with Crippen LogP contribution >= 0.6 is 11.8 Å². The molecular formula is C15H18N2O2S. The Kier molecular flexibility index (Phi) is 3.70. The first-order valence-corrected chi connectivity index (χ1v) is 7.86. The smallest absolute Gasteiger partial charge is 0.324 e. The van der Waals surface area contributed by atoms with E-state index in [0.29, 0.717) is 12.5 Å². The zero-order valence-corrected chi connectivity index (χ0v) is 12.2. The highest BCUT2D eigenvalue weighted by Gasteiger charge is 2.46. The Hall–Kier alpha value is -1.49. The molecule has 2 atom stereocenters. The van der Waals surface area contributed by atoms with Crippen molar-refractivity contribution >= 4 is 23.7 Å². The first-order valence-electron chi connectivity index (χ1n) is 6.98. The van der Waals surface area contributed by atoms with Gasteiger partial charge in [-0.25, -0.2) is 4.79 Å². The quantitative estimate of drug-likeness (QED) is 0.669. The summed E-state index contributed by atoms with van der Waals surface area (Å²) in [5, 5.41) is 3.00. The van der Waals surface area contributed by atoms with Crippen LogP contribution in [0.3, 0.4) is 0 Å². The van der Waals surface area contributed by atoms with Crippen LogP contribution in [0.4, 0.5) is 4.79 Å². The number of carbonyl (C=O) groups excluding carboxylic acids is 2. The van der Waals surface area contributed by atoms with E-state index in [9.17, 15) is 9.59 Å². The number of amides is 3. The van der Waals surface area contributed by atoms with Crippen LogP contribution in [0.15, 0.2) is 35.2 Å². The van der Waals surface area contributed by atoms with Crippen molar-refractivity contribution in [2.24, 2.45) is 5.92 Å². The fourth-order valence-corrected chi connectivity index (χ4v) is 3.49. The number of imide groups is 1. The molecule has 1 aromatic rings. The van der Waals surface area contributed by atoms with Crippen molar-refractivity contribution in [3.63, 3.8) is 0 Å². The molecule has 1 heterocycles. The van der Waals surface area contributed by atoms with Gasteiger partial charge in [-0.1, -0.05) is 25.1 Å². The lowest BCUT2D eigenvalue weighted by Crippen LogP contribution is -2.36. The normalized spacial score (nSPS) is 23.9. The monoisotopic (exact) mass is 290 g/mol. The highest BCUT2D eigenvalue weighted by atomic mass is 32.2. The van der Waals surface area contributed by atoms with Crippen molar-refractivity contribution in [3.8, 4) is 0 Å². The number of carbonyl (C=O) groups is 2. The van der Waals surface area contributed by atoms with E-state index in [1.54, 1.807) is 11.8 Å². The van der Waals surface area contributed by atoms with E-state index < -0.39 is 0 Å². The van der Waals surface area contributed by atoms with Gasteiger partial charge in [0.15, 0.2) is 0 Å². The third-order valence-electron chi connectivity index (χ3n) is 3.67. The maximum absolute atomic E-state index is 12.2. The van der Waals surface area contributed by atoms with Crippen LogP contribution in [0, 0.1) is 5.92 Å². The van der Waals surface area contributed by atoms with Gasteiger partial charge in [-0.15, -0.1) is 11.8 Å². The number of benzene rings is 1. The molecule has 1 saturated carbocycles. The maximum Gasteiger partial charge on any atom is 0.324 e. The van der Waals surface area contributed by atoms with Crippen molar-refractivity contribution in [1.82, 2.24) is 10.2 Å². The fourth-order valence-electron chi connectivity index (χ4n) is 2.49. The molecule has 1 aliphatic carbocycles. The van der Waals surface area contributed by atoms with Crippen molar-refractivity contribution in [1.29, 1.82) is 0 Å². The van der Waals surface area contributed by atoms with Gasteiger partial charge in [0.05, 0.1) is 0 Å². The second-order valence-electron chi connectivity index (χ2n) is 5.45. The molecule has 0 aromatic heterocycles. The molecule has 2 aliphatic rings. The van der Waals surface area contributed by atoms with Crippen LogP contribution < -0.4 is 5.32 Å². The number of hydrogen-bond acceptors (Lipinski definition) is 3. The van der Waals surface area contributed by atoms with E-state index in [2.05, 4.69) is 5.32 Å². The second kappa shape index (κ2) is 5.48. The van der Waals surface area contributed by atoms with E-state index in [-0.39, 0.29) is 23.2 Å². The van der Waals surface area contributed by atoms with Crippen LogP contribution in [-0.2, 0) is 4.79 Å². The summed E-state index contributed by atoms with van der Waals surface area (Å²) in [7, 11) is 0. The summed E-state index contributed by atoms with van der Waals surface area (Å²) >= 11 is 1.69. The average Bonchev–Trinajstić information content (AvgIpc) is 3.23. The van der Waals surface area contributed by atoms with E-state index in [1.165, 1.54) is 4.90 Å². The minimum atomic E-state index is -0.267. The first kappa shape index (κ1) is 13.5. The summed E-state index contributed by atoms with van der Waals surface area (Å²) in [5.41, 5.74) is 0. The summed E-state index contributed by atoms with van der Waals surface area (Å²) in [6, 6.07) is 9.55. The van der Waals surface area contributed by atoms with Gasteiger partial charge in [-0.2, -0.15) is 0 Å². The Morgan fingerprint density at radius 3 is 2.65 bits per heavy atom. The first-order chi connectivity index (χ1) is 9.65. The highest BCUT2D eigenvalue weighted by Crippen LogP contribution is 2.35. The number of nitrogens with zero attached hydrogens (tertiary/aromatic N) is 1. The van der Waals surface area contributed by atoms with Crippen molar-refractivity contribution in [2.75, 3.05) is 6.54 Å². The molecule has 4 nitrogen and oxygen atoms in total. The SMILES string of the molecule is C[C@H](CN1C(=O)N[C@@H](C2CC2)C1=O)Sc1ccccc1. The summed E-state index contributed by atoms with van der Waals surface area (Å²) in [6.45, 7) is 2.51. The van der Waals surface area contributed by atoms with Crippen LogP contribution in [0.2, 0.25) is 0 Å². The molecule has 3 rings (SSSR count). The highest BCUT2D eigenvalue weighted by molar-refractivity contribution is 8.00. The predicted octanol–water partition coefficient (Wildman–Crippen LogP) is 2.50. The zero-order chi connectivity index (χ0) is 14.1. The molecule has 1 aliphatic heterocycles. The number of urea groups is 1. The molecule has 1 N–H and O–H groups in total. The minimum Gasteiger partial charge on any atom is -0.326 e. The molecule has 0 bridgehead atoms. The number of rotatable bonds is 5. The van der Waals surface area contributed by atoms with Gasteiger partial charge in [-0.3, -0.25) is 9.69 Å². The summed E-state index contributed by atoms with van der Waals surface area (Å²) in [6.07, 6.45) is 2.11. The molecule has 2 fully saturated rings. The van der Waals surface area contributed by atoms with Gasteiger partial charge in [0.25, 0.3) is 5.91 Å². The largest absolute Gasteiger partial charge is 0.326 e. The molecular weight excluding hydrogens is 272 g/mol. The van der Waals surface area contributed by atoms with Gasteiger partial charge in [-0.05, 0) is 30.9 Å².